The third-order valence-electron chi connectivity index (χ3n) is 2.39. The minimum absolute atomic E-state index is 0.212. The Labute approximate surface area is 130 Å². The van der Waals surface area contributed by atoms with Crippen molar-refractivity contribution >= 4 is 17.9 Å². The van der Waals surface area contributed by atoms with E-state index in [1.54, 1.807) is 27.7 Å². The molecule has 0 saturated carbocycles. The van der Waals surface area contributed by atoms with Gasteiger partial charge in [0, 0.05) is 18.2 Å². The van der Waals surface area contributed by atoms with Crippen LogP contribution < -0.4 is 0 Å². The highest BCUT2D eigenvalue weighted by Crippen LogP contribution is 2.07. The monoisotopic (exact) mass is 310 g/mol. The molecular formula is C16H22O6. The van der Waals surface area contributed by atoms with E-state index in [4.69, 9.17) is 14.2 Å². The van der Waals surface area contributed by atoms with Crippen LogP contribution in [-0.4, -0.2) is 36.7 Å². The fraction of sp³-hybridized carbons (Fsp3) is 0.438. The summed E-state index contributed by atoms with van der Waals surface area (Å²) in [5, 5.41) is 0. The van der Waals surface area contributed by atoms with Crippen LogP contribution in [0.15, 0.2) is 36.5 Å². The lowest BCUT2D eigenvalue weighted by Crippen LogP contribution is -2.36. The average molecular weight is 310 g/mol. The van der Waals surface area contributed by atoms with Crippen molar-refractivity contribution in [2.45, 2.75) is 39.9 Å². The lowest BCUT2D eigenvalue weighted by molar-refractivity contribution is -0.167. The summed E-state index contributed by atoms with van der Waals surface area (Å²) in [6, 6.07) is 0. The fourth-order valence-electron chi connectivity index (χ4n) is 1.37. The van der Waals surface area contributed by atoms with Crippen molar-refractivity contribution < 1.29 is 28.6 Å². The average Bonchev–Trinajstić information content (AvgIpc) is 2.44. The molecule has 0 aliphatic rings. The number of ether oxygens (including phenoxy) is 3. The summed E-state index contributed by atoms with van der Waals surface area (Å²) in [6.07, 6.45) is 6.61. The van der Waals surface area contributed by atoms with Crippen molar-refractivity contribution in [3.8, 4) is 0 Å². The standard InChI is InChI=1S/C16H22O6/c1-5-8-14(17)20-11-13(22-16(19)10-7-3)12(4)21-15(18)9-6-2/h5-10,12-13H,11H2,1-4H3/b8-5+,9-6+,10-7+. The van der Waals surface area contributed by atoms with Crippen LogP contribution in [0.5, 0.6) is 0 Å². The van der Waals surface area contributed by atoms with Crippen molar-refractivity contribution in [1.82, 2.24) is 0 Å². The maximum absolute atomic E-state index is 11.5. The Morgan fingerprint density at radius 3 is 1.77 bits per heavy atom. The van der Waals surface area contributed by atoms with Gasteiger partial charge in [-0.05, 0) is 27.7 Å². The number of allylic oxidation sites excluding steroid dienone is 3. The Morgan fingerprint density at radius 1 is 0.818 bits per heavy atom. The molecule has 0 heterocycles. The van der Waals surface area contributed by atoms with Gasteiger partial charge >= 0.3 is 17.9 Å². The van der Waals surface area contributed by atoms with Crippen LogP contribution >= 0.6 is 0 Å². The molecule has 6 heteroatoms. The van der Waals surface area contributed by atoms with Crippen molar-refractivity contribution in [2.75, 3.05) is 6.61 Å². The molecule has 0 aromatic rings. The normalized spacial score (nSPS) is 14.2. The summed E-state index contributed by atoms with van der Waals surface area (Å²) in [7, 11) is 0. The Kier molecular flexibility index (Phi) is 10.1. The molecule has 0 fully saturated rings. The van der Waals surface area contributed by atoms with E-state index in [1.807, 2.05) is 0 Å². The van der Waals surface area contributed by atoms with Crippen LogP contribution in [0, 0.1) is 0 Å². The third kappa shape index (κ3) is 8.73. The van der Waals surface area contributed by atoms with Gasteiger partial charge in [0.1, 0.15) is 12.7 Å². The highest BCUT2D eigenvalue weighted by molar-refractivity contribution is 5.83. The third-order valence-corrected chi connectivity index (χ3v) is 2.39. The van der Waals surface area contributed by atoms with E-state index in [2.05, 4.69) is 0 Å². The molecule has 0 N–H and O–H groups in total. The first kappa shape index (κ1) is 19.6. The smallest absolute Gasteiger partial charge is 0.330 e. The molecule has 0 aliphatic heterocycles. The molecule has 122 valence electrons. The van der Waals surface area contributed by atoms with Gasteiger partial charge in [-0.1, -0.05) is 18.2 Å². The number of rotatable bonds is 8. The Balaban J connectivity index is 4.78. The molecule has 6 nitrogen and oxygen atoms in total. The van der Waals surface area contributed by atoms with E-state index in [1.165, 1.54) is 36.5 Å². The van der Waals surface area contributed by atoms with E-state index in [0.29, 0.717) is 0 Å². The predicted octanol–water partition coefficient (Wildman–Crippen LogP) is 2.10. The van der Waals surface area contributed by atoms with Crippen LogP contribution in [0.25, 0.3) is 0 Å². The van der Waals surface area contributed by atoms with Gasteiger partial charge in [0.05, 0.1) is 0 Å². The van der Waals surface area contributed by atoms with E-state index < -0.39 is 30.1 Å². The summed E-state index contributed by atoms with van der Waals surface area (Å²) in [5.74, 6) is -1.74. The molecule has 0 radical (unpaired) electrons. The number of carbonyl (C=O) groups is 3. The molecule has 2 atom stereocenters. The van der Waals surface area contributed by atoms with Gasteiger partial charge in [-0.25, -0.2) is 14.4 Å². The van der Waals surface area contributed by atoms with Gasteiger partial charge in [-0.2, -0.15) is 0 Å². The molecule has 22 heavy (non-hydrogen) atoms. The minimum Gasteiger partial charge on any atom is -0.458 e. The zero-order valence-electron chi connectivity index (χ0n) is 13.3. The van der Waals surface area contributed by atoms with Gasteiger partial charge in [-0.3, -0.25) is 0 Å². The SMILES string of the molecule is C/C=C/C(=O)OCC(OC(=O)/C=C/C)C(C)OC(=O)/C=C/C. The van der Waals surface area contributed by atoms with E-state index in [9.17, 15) is 14.4 Å². The number of carbonyl (C=O) groups excluding carboxylic acids is 3. The van der Waals surface area contributed by atoms with E-state index in [-0.39, 0.29) is 6.61 Å². The van der Waals surface area contributed by atoms with Gasteiger partial charge in [0.2, 0.25) is 0 Å². The highest BCUT2D eigenvalue weighted by Gasteiger charge is 2.25. The van der Waals surface area contributed by atoms with Gasteiger partial charge in [0.25, 0.3) is 0 Å². The van der Waals surface area contributed by atoms with Crippen molar-refractivity contribution in [1.29, 1.82) is 0 Å². The zero-order chi connectivity index (χ0) is 17.0. The molecule has 0 aliphatic carbocycles. The van der Waals surface area contributed by atoms with Crippen molar-refractivity contribution in [3.63, 3.8) is 0 Å². The summed E-state index contributed by atoms with van der Waals surface area (Å²) >= 11 is 0. The van der Waals surface area contributed by atoms with Crippen molar-refractivity contribution in [2.24, 2.45) is 0 Å². The fourth-order valence-corrected chi connectivity index (χ4v) is 1.37. The van der Waals surface area contributed by atoms with Crippen LogP contribution in [0.4, 0.5) is 0 Å². The minimum atomic E-state index is -0.896. The Bertz CT molecular complexity index is 461. The Hall–Kier alpha value is -2.37. The van der Waals surface area contributed by atoms with Crippen LogP contribution in [0.3, 0.4) is 0 Å². The van der Waals surface area contributed by atoms with Crippen LogP contribution in [0.2, 0.25) is 0 Å². The largest absolute Gasteiger partial charge is 0.458 e. The maximum atomic E-state index is 11.5. The van der Waals surface area contributed by atoms with E-state index in [0.717, 1.165) is 0 Å². The second kappa shape index (κ2) is 11.3. The van der Waals surface area contributed by atoms with Gasteiger partial charge in [-0.15, -0.1) is 0 Å². The molecule has 0 bridgehead atoms. The molecule has 0 amide bonds. The highest BCUT2D eigenvalue weighted by atomic mass is 16.6. The quantitative estimate of drug-likeness (QED) is 0.388. The number of hydrogen-bond donors (Lipinski definition) is 0. The summed E-state index contributed by atoms with van der Waals surface area (Å²) in [4.78, 5) is 34.3. The molecule has 0 aromatic heterocycles. The summed E-state index contributed by atoms with van der Waals surface area (Å²) < 4.78 is 15.2. The predicted molar refractivity (Wildman–Crippen MR) is 80.8 cm³/mol. The van der Waals surface area contributed by atoms with E-state index >= 15 is 0 Å². The second-order valence-electron chi connectivity index (χ2n) is 4.25. The molecule has 0 rings (SSSR count). The first-order valence-corrected chi connectivity index (χ1v) is 6.90. The molecule has 0 spiro atoms. The van der Waals surface area contributed by atoms with Crippen molar-refractivity contribution in [3.05, 3.63) is 36.5 Å². The first-order valence-electron chi connectivity index (χ1n) is 6.90. The molecule has 0 aromatic carbocycles. The second-order valence-corrected chi connectivity index (χ2v) is 4.25. The van der Waals surface area contributed by atoms with Gasteiger partial charge < -0.3 is 14.2 Å². The summed E-state index contributed by atoms with van der Waals surface area (Å²) in [6.45, 7) is 6.35. The Morgan fingerprint density at radius 2 is 1.27 bits per heavy atom. The zero-order valence-corrected chi connectivity index (χ0v) is 13.3. The number of hydrogen-bond acceptors (Lipinski definition) is 6. The number of esters is 3. The molecule has 2 unspecified atom stereocenters. The molecule has 0 saturated heterocycles. The lowest BCUT2D eigenvalue weighted by atomic mass is 10.2. The van der Waals surface area contributed by atoms with Crippen LogP contribution in [0.1, 0.15) is 27.7 Å². The first-order chi connectivity index (χ1) is 10.4. The van der Waals surface area contributed by atoms with Crippen LogP contribution in [-0.2, 0) is 28.6 Å². The van der Waals surface area contributed by atoms with Gasteiger partial charge in [0.15, 0.2) is 6.10 Å². The topological polar surface area (TPSA) is 78.9 Å². The summed E-state index contributed by atoms with van der Waals surface area (Å²) in [5.41, 5.74) is 0. The maximum Gasteiger partial charge on any atom is 0.330 e. The molecular weight excluding hydrogens is 288 g/mol. The lowest BCUT2D eigenvalue weighted by Gasteiger charge is -2.22.